The molecule has 0 bridgehead atoms. The van der Waals surface area contributed by atoms with E-state index in [1.807, 2.05) is 0 Å². The van der Waals surface area contributed by atoms with E-state index in [-0.39, 0.29) is 9.79 Å². The molecule has 2 heterocycles. The van der Waals surface area contributed by atoms with E-state index < -0.39 is 11.7 Å². The maximum Gasteiger partial charge on any atom is 0.417 e. The molecule has 1 aliphatic heterocycles. The summed E-state index contributed by atoms with van der Waals surface area (Å²) < 4.78 is 39.1. The van der Waals surface area contributed by atoms with Crippen molar-refractivity contribution in [1.82, 2.24) is 9.97 Å². The minimum Gasteiger partial charge on any atom is -0.369 e. The number of hydrogen-bond acceptors (Lipinski definition) is 3. The molecule has 1 aliphatic rings. The van der Waals surface area contributed by atoms with E-state index in [1.165, 1.54) is 12.1 Å². The summed E-state index contributed by atoms with van der Waals surface area (Å²) in [5.41, 5.74) is 0.911. The third-order valence-electron chi connectivity index (χ3n) is 3.26. The summed E-state index contributed by atoms with van der Waals surface area (Å²) in [4.78, 5) is 7.00. The standard InChI is InChI=1S/C13H9ClF3N3S/c14-9-2-1-6(5-8(9)13(15,16)17)10-7-3-4-18-11(7)20-12(21)19-10/h1-2,5H,3-4H2,(H2,18,19,20,21). The molecule has 1 aromatic carbocycles. The van der Waals surface area contributed by atoms with Gasteiger partial charge in [-0.25, -0.2) is 4.98 Å². The van der Waals surface area contributed by atoms with Gasteiger partial charge in [-0.15, -0.1) is 0 Å². The highest BCUT2D eigenvalue weighted by Crippen LogP contribution is 2.38. The molecule has 0 unspecified atom stereocenters. The Kier molecular flexibility index (Phi) is 3.41. The second-order valence-corrected chi connectivity index (χ2v) is 5.41. The first-order valence-corrected chi connectivity index (χ1v) is 6.89. The van der Waals surface area contributed by atoms with Crippen LogP contribution in [0, 0.1) is 4.77 Å². The van der Waals surface area contributed by atoms with E-state index >= 15 is 0 Å². The van der Waals surface area contributed by atoms with Crippen LogP contribution >= 0.6 is 23.8 Å². The monoisotopic (exact) mass is 331 g/mol. The number of alkyl halides is 3. The predicted octanol–water partition coefficient (Wildman–Crippen LogP) is 4.45. The van der Waals surface area contributed by atoms with Gasteiger partial charge in [-0.1, -0.05) is 17.7 Å². The number of halogens is 4. The van der Waals surface area contributed by atoms with E-state index in [4.69, 9.17) is 23.8 Å². The van der Waals surface area contributed by atoms with Gasteiger partial charge in [0.1, 0.15) is 5.82 Å². The average molecular weight is 332 g/mol. The Bertz CT molecular complexity index is 770. The SMILES string of the molecule is FC(F)(F)c1cc(-c2[nH]c(=S)nc3c2CCN3)ccc1Cl. The molecule has 0 radical (unpaired) electrons. The van der Waals surface area contributed by atoms with E-state index in [0.29, 0.717) is 30.0 Å². The number of nitrogens with one attached hydrogen (secondary N) is 2. The fourth-order valence-electron chi connectivity index (χ4n) is 2.34. The molecule has 1 aromatic heterocycles. The highest BCUT2D eigenvalue weighted by Gasteiger charge is 2.33. The Balaban J connectivity index is 2.21. The van der Waals surface area contributed by atoms with Gasteiger partial charge in [0.15, 0.2) is 4.77 Å². The van der Waals surface area contributed by atoms with Crippen molar-refractivity contribution >= 4 is 29.6 Å². The van der Waals surface area contributed by atoms with Crippen LogP contribution in [0.15, 0.2) is 18.2 Å². The van der Waals surface area contributed by atoms with Crippen LogP contribution in [0.5, 0.6) is 0 Å². The van der Waals surface area contributed by atoms with Crippen LogP contribution in [-0.2, 0) is 12.6 Å². The highest BCUT2D eigenvalue weighted by atomic mass is 35.5. The number of anilines is 1. The maximum absolute atomic E-state index is 13.0. The molecule has 3 nitrogen and oxygen atoms in total. The molecule has 8 heteroatoms. The second-order valence-electron chi connectivity index (χ2n) is 4.61. The molecule has 0 fully saturated rings. The first kappa shape index (κ1) is 14.3. The molecular weight excluding hydrogens is 323 g/mol. The number of H-pyrrole nitrogens is 1. The van der Waals surface area contributed by atoms with Gasteiger partial charge in [0.2, 0.25) is 0 Å². The van der Waals surface area contributed by atoms with Crippen LogP contribution in [0.1, 0.15) is 11.1 Å². The van der Waals surface area contributed by atoms with Gasteiger partial charge in [-0.3, -0.25) is 0 Å². The fraction of sp³-hybridized carbons (Fsp3) is 0.231. The van der Waals surface area contributed by atoms with Crippen molar-refractivity contribution in [3.05, 3.63) is 39.1 Å². The number of nitrogens with zero attached hydrogens (tertiary/aromatic N) is 1. The average Bonchev–Trinajstić information content (AvgIpc) is 2.85. The number of aromatic amines is 1. The minimum absolute atomic E-state index is 0.224. The number of aromatic nitrogens is 2. The summed E-state index contributed by atoms with van der Waals surface area (Å²) in [5.74, 6) is 0.622. The zero-order chi connectivity index (χ0) is 15.2. The quantitative estimate of drug-likeness (QED) is 0.759. The van der Waals surface area contributed by atoms with Gasteiger partial charge in [0.05, 0.1) is 16.3 Å². The highest BCUT2D eigenvalue weighted by molar-refractivity contribution is 7.71. The normalized spacial score (nSPS) is 13.9. The summed E-state index contributed by atoms with van der Waals surface area (Å²) in [6.07, 6.45) is -3.83. The molecule has 2 N–H and O–H groups in total. The molecule has 0 atom stereocenters. The Morgan fingerprint density at radius 1 is 1.29 bits per heavy atom. The Labute approximate surface area is 128 Å². The molecule has 0 saturated carbocycles. The third-order valence-corrected chi connectivity index (χ3v) is 3.78. The lowest BCUT2D eigenvalue weighted by Gasteiger charge is -2.13. The van der Waals surface area contributed by atoms with E-state index in [2.05, 4.69) is 15.3 Å². The molecule has 2 aromatic rings. The topological polar surface area (TPSA) is 40.7 Å². The van der Waals surface area contributed by atoms with Gasteiger partial charge in [0, 0.05) is 12.1 Å². The molecule has 0 amide bonds. The van der Waals surface area contributed by atoms with Gasteiger partial charge in [-0.2, -0.15) is 13.2 Å². The lowest BCUT2D eigenvalue weighted by atomic mass is 10.0. The van der Waals surface area contributed by atoms with Gasteiger partial charge in [-0.05, 0) is 36.3 Å². The molecule has 110 valence electrons. The van der Waals surface area contributed by atoms with E-state index in [9.17, 15) is 13.2 Å². The van der Waals surface area contributed by atoms with Crippen LogP contribution in [0.3, 0.4) is 0 Å². The smallest absolute Gasteiger partial charge is 0.369 e. The minimum atomic E-state index is -4.50. The molecule has 0 saturated heterocycles. The second kappa shape index (κ2) is 4.99. The van der Waals surface area contributed by atoms with Gasteiger partial charge >= 0.3 is 6.18 Å². The van der Waals surface area contributed by atoms with E-state index in [0.717, 1.165) is 11.6 Å². The van der Waals surface area contributed by atoms with Crippen molar-refractivity contribution in [2.75, 3.05) is 11.9 Å². The van der Waals surface area contributed by atoms with Crippen LogP contribution in [0.2, 0.25) is 5.02 Å². The van der Waals surface area contributed by atoms with Crippen LogP contribution < -0.4 is 5.32 Å². The Morgan fingerprint density at radius 3 is 2.76 bits per heavy atom. The van der Waals surface area contributed by atoms with Crippen LogP contribution in [-0.4, -0.2) is 16.5 Å². The van der Waals surface area contributed by atoms with Gasteiger partial charge in [0.25, 0.3) is 0 Å². The van der Waals surface area contributed by atoms with Crippen LogP contribution in [0.25, 0.3) is 11.3 Å². The van der Waals surface area contributed by atoms with Crippen molar-refractivity contribution in [3.63, 3.8) is 0 Å². The van der Waals surface area contributed by atoms with Crippen molar-refractivity contribution in [3.8, 4) is 11.3 Å². The lowest BCUT2D eigenvalue weighted by molar-refractivity contribution is -0.137. The van der Waals surface area contributed by atoms with Crippen LogP contribution in [0.4, 0.5) is 19.0 Å². The van der Waals surface area contributed by atoms with Crippen molar-refractivity contribution in [2.24, 2.45) is 0 Å². The zero-order valence-electron chi connectivity index (χ0n) is 10.5. The molecular formula is C13H9ClF3N3S. The molecule has 3 rings (SSSR count). The largest absolute Gasteiger partial charge is 0.417 e. The molecule has 0 aliphatic carbocycles. The number of hydrogen-bond donors (Lipinski definition) is 2. The summed E-state index contributed by atoms with van der Waals surface area (Å²) in [6, 6.07) is 3.81. The van der Waals surface area contributed by atoms with Gasteiger partial charge < -0.3 is 10.3 Å². The zero-order valence-corrected chi connectivity index (χ0v) is 12.1. The summed E-state index contributed by atoms with van der Waals surface area (Å²) in [5, 5.41) is 2.74. The first-order chi connectivity index (χ1) is 9.86. The third kappa shape index (κ3) is 2.63. The summed E-state index contributed by atoms with van der Waals surface area (Å²) >= 11 is 10.7. The molecule has 21 heavy (non-hydrogen) atoms. The molecule has 0 spiro atoms. The fourth-order valence-corrected chi connectivity index (χ4v) is 2.76. The van der Waals surface area contributed by atoms with E-state index in [1.54, 1.807) is 0 Å². The lowest BCUT2D eigenvalue weighted by Crippen LogP contribution is -2.06. The Hall–Kier alpha value is -1.60. The maximum atomic E-state index is 13.0. The number of rotatable bonds is 1. The van der Waals surface area contributed by atoms with Crippen molar-refractivity contribution < 1.29 is 13.2 Å². The summed E-state index contributed by atoms with van der Waals surface area (Å²) in [6.45, 7) is 0.682. The number of fused-ring (bicyclic) bond motifs is 1. The van der Waals surface area contributed by atoms with Crippen molar-refractivity contribution in [1.29, 1.82) is 0 Å². The summed E-state index contributed by atoms with van der Waals surface area (Å²) in [7, 11) is 0. The number of benzene rings is 1. The van der Waals surface area contributed by atoms with Crippen molar-refractivity contribution in [2.45, 2.75) is 12.6 Å². The Morgan fingerprint density at radius 2 is 2.05 bits per heavy atom. The predicted molar refractivity (Wildman–Crippen MR) is 77.1 cm³/mol. The first-order valence-electron chi connectivity index (χ1n) is 6.10.